The first-order chi connectivity index (χ1) is 8.40. The highest BCUT2D eigenvalue weighted by atomic mass is 79.9. The summed E-state index contributed by atoms with van der Waals surface area (Å²) in [6, 6.07) is 4.88. The largest absolute Gasteiger partial charge is 0.243 e. The Hall–Kier alpha value is 0.190. The van der Waals surface area contributed by atoms with E-state index >= 15 is 0 Å². The van der Waals surface area contributed by atoms with Gasteiger partial charge in [0.05, 0.1) is 5.02 Å². The van der Waals surface area contributed by atoms with Crippen molar-refractivity contribution in [1.82, 2.24) is 4.72 Å². The molecular weight excluding hydrogens is 361 g/mol. The third-order valence-electron chi connectivity index (χ3n) is 3.10. The SMILES string of the molecule is O=S(=O)(NC1(CCl)CCC1)c1c(Cl)cccc1Br. The van der Waals surface area contributed by atoms with Crippen LogP contribution < -0.4 is 4.72 Å². The van der Waals surface area contributed by atoms with E-state index in [1.165, 1.54) is 0 Å². The van der Waals surface area contributed by atoms with Crippen LogP contribution in [0.25, 0.3) is 0 Å². The van der Waals surface area contributed by atoms with Crippen LogP contribution in [0, 0.1) is 0 Å². The molecule has 1 fully saturated rings. The first kappa shape index (κ1) is 14.6. The fourth-order valence-electron chi connectivity index (χ4n) is 1.94. The Labute approximate surface area is 125 Å². The van der Waals surface area contributed by atoms with Crippen molar-refractivity contribution in [2.75, 3.05) is 5.88 Å². The zero-order chi connectivity index (χ0) is 13.4. The predicted octanol–water partition coefficient (Wildman–Crippen LogP) is 3.54. The van der Waals surface area contributed by atoms with Crippen molar-refractivity contribution in [2.24, 2.45) is 0 Å². The van der Waals surface area contributed by atoms with Gasteiger partial charge in [-0.15, -0.1) is 11.6 Å². The van der Waals surface area contributed by atoms with E-state index < -0.39 is 15.6 Å². The zero-order valence-electron chi connectivity index (χ0n) is 9.42. The zero-order valence-corrected chi connectivity index (χ0v) is 13.3. The Bertz CT molecular complexity index is 532. The molecule has 0 saturated heterocycles. The number of hydrogen-bond acceptors (Lipinski definition) is 2. The van der Waals surface area contributed by atoms with Gasteiger partial charge >= 0.3 is 0 Å². The first-order valence-electron chi connectivity index (χ1n) is 5.44. The molecule has 1 aromatic rings. The lowest BCUT2D eigenvalue weighted by atomic mass is 9.79. The van der Waals surface area contributed by atoms with Crippen LogP contribution in [0.4, 0.5) is 0 Å². The van der Waals surface area contributed by atoms with E-state index in [9.17, 15) is 8.42 Å². The minimum atomic E-state index is -3.67. The molecule has 0 unspecified atom stereocenters. The van der Waals surface area contributed by atoms with Gasteiger partial charge in [0.25, 0.3) is 0 Å². The summed E-state index contributed by atoms with van der Waals surface area (Å²) >= 11 is 15.0. The van der Waals surface area contributed by atoms with E-state index in [2.05, 4.69) is 20.7 Å². The molecule has 1 aliphatic rings. The van der Waals surface area contributed by atoms with Gasteiger partial charge < -0.3 is 0 Å². The summed E-state index contributed by atoms with van der Waals surface area (Å²) in [5.74, 6) is 0.272. The second-order valence-electron chi connectivity index (χ2n) is 4.42. The van der Waals surface area contributed by atoms with Gasteiger partial charge in [0.1, 0.15) is 4.90 Å². The molecule has 0 bridgehead atoms. The minimum Gasteiger partial charge on any atom is -0.207 e. The molecule has 0 atom stereocenters. The number of rotatable bonds is 4. The molecule has 0 aromatic heterocycles. The van der Waals surface area contributed by atoms with Crippen LogP contribution in [0.1, 0.15) is 19.3 Å². The number of hydrogen-bond donors (Lipinski definition) is 1. The van der Waals surface area contributed by atoms with Gasteiger partial charge in [-0.3, -0.25) is 0 Å². The maximum Gasteiger partial charge on any atom is 0.243 e. The quantitative estimate of drug-likeness (QED) is 0.821. The Kier molecular flexibility index (Phi) is 4.29. The Morgan fingerprint density at radius 2 is 2.06 bits per heavy atom. The fourth-order valence-corrected chi connectivity index (χ4v) is 5.55. The summed E-state index contributed by atoms with van der Waals surface area (Å²) in [4.78, 5) is 0.0723. The molecule has 100 valence electrons. The Balaban J connectivity index is 2.37. The van der Waals surface area contributed by atoms with E-state index in [1.54, 1.807) is 18.2 Å². The van der Waals surface area contributed by atoms with Gasteiger partial charge in [0.15, 0.2) is 0 Å². The van der Waals surface area contributed by atoms with Crippen molar-refractivity contribution in [2.45, 2.75) is 29.7 Å². The highest BCUT2D eigenvalue weighted by Gasteiger charge is 2.40. The van der Waals surface area contributed by atoms with Crippen LogP contribution in [0.3, 0.4) is 0 Å². The molecular formula is C11H12BrCl2NO2S. The van der Waals surface area contributed by atoms with Crippen LogP contribution in [0.5, 0.6) is 0 Å². The maximum atomic E-state index is 12.4. The predicted molar refractivity (Wildman–Crippen MR) is 76.8 cm³/mol. The summed E-state index contributed by atoms with van der Waals surface area (Å²) in [5, 5.41) is 0.195. The number of sulfonamides is 1. The van der Waals surface area contributed by atoms with Crippen molar-refractivity contribution in [1.29, 1.82) is 0 Å². The molecule has 0 radical (unpaired) electrons. The lowest BCUT2D eigenvalue weighted by molar-refractivity contribution is 0.252. The fraction of sp³-hybridized carbons (Fsp3) is 0.455. The number of benzene rings is 1. The topological polar surface area (TPSA) is 46.2 Å². The molecule has 2 rings (SSSR count). The lowest BCUT2D eigenvalue weighted by Gasteiger charge is -2.40. The normalized spacial score (nSPS) is 18.4. The summed E-state index contributed by atoms with van der Waals surface area (Å²) in [7, 11) is -3.67. The van der Waals surface area contributed by atoms with Crippen LogP contribution >= 0.6 is 39.1 Å². The molecule has 0 heterocycles. The van der Waals surface area contributed by atoms with Crippen LogP contribution in [0.2, 0.25) is 5.02 Å². The second-order valence-corrected chi connectivity index (χ2v) is 7.57. The van der Waals surface area contributed by atoms with Crippen molar-refractivity contribution < 1.29 is 8.42 Å². The minimum absolute atomic E-state index is 0.0723. The van der Waals surface area contributed by atoms with Gasteiger partial charge in [-0.2, -0.15) is 0 Å². The van der Waals surface area contributed by atoms with Gasteiger partial charge in [0.2, 0.25) is 10.0 Å². The Morgan fingerprint density at radius 3 is 2.50 bits per heavy atom. The molecule has 0 spiro atoms. The molecule has 0 amide bonds. The van der Waals surface area contributed by atoms with Gasteiger partial charge in [-0.1, -0.05) is 17.7 Å². The van der Waals surface area contributed by atoms with E-state index in [4.69, 9.17) is 23.2 Å². The maximum absolute atomic E-state index is 12.4. The first-order valence-corrected chi connectivity index (χ1v) is 8.63. The molecule has 1 aromatic carbocycles. The molecule has 1 N–H and O–H groups in total. The third-order valence-corrected chi connectivity index (χ3v) is 6.65. The summed E-state index contributed by atoms with van der Waals surface area (Å²) < 4.78 is 27.8. The van der Waals surface area contributed by atoms with E-state index in [0.29, 0.717) is 4.47 Å². The van der Waals surface area contributed by atoms with Gasteiger partial charge in [-0.25, -0.2) is 13.1 Å². The lowest BCUT2D eigenvalue weighted by Crippen LogP contribution is -2.54. The number of halogens is 3. The molecule has 7 heteroatoms. The molecule has 0 aliphatic heterocycles. The van der Waals surface area contributed by atoms with Crippen LogP contribution in [-0.4, -0.2) is 19.8 Å². The van der Waals surface area contributed by atoms with Crippen LogP contribution in [0.15, 0.2) is 27.6 Å². The van der Waals surface area contributed by atoms with Gasteiger partial charge in [-0.05, 0) is 47.3 Å². The third kappa shape index (κ3) is 2.70. The van der Waals surface area contributed by atoms with Gasteiger partial charge in [0, 0.05) is 15.9 Å². The number of alkyl halides is 1. The number of nitrogens with one attached hydrogen (secondary N) is 1. The summed E-state index contributed by atoms with van der Waals surface area (Å²) in [6.07, 6.45) is 2.51. The molecule has 1 aliphatic carbocycles. The van der Waals surface area contributed by atoms with Crippen molar-refractivity contribution in [3.8, 4) is 0 Å². The summed E-state index contributed by atoms with van der Waals surface area (Å²) in [5.41, 5.74) is -0.515. The van der Waals surface area contributed by atoms with E-state index in [0.717, 1.165) is 19.3 Å². The van der Waals surface area contributed by atoms with E-state index in [1.807, 2.05) is 0 Å². The monoisotopic (exact) mass is 371 g/mol. The van der Waals surface area contributed by atoms with E-state index in [-0.39, 0.29) is 15.8 Å². The highest BCUT2D eigenvalue weighted by molar-refractivity contribution is 9.10. The smallest absolute Gasteiger partial charge is 0.207 e. The standard InChI is InChI=1S/C11H12BrCl2NO2S/c12-8-3-1-4-9(14)10(8)18(16,17)15-11(7-13)5-2-6-11/h1,3-4,15H,2,5-7H2. The van der Waals surface area contributed by atoms with Crippen molar-refractivity contribution in [3.63, 3.8) is 0 Å². The average molecular weight is 373 g/mol. The van der Waals surface area contributed by atoms with Crippen molar-refractivity contribution in [3.05, 3.63) is 27.7 Å². The summed E-state index contributed by atoms with van der Waals surface area (Å²) in [6.45, 7) is 0. The molecule has 1 saturated carbocycles. The average Bonchev–Trinajstić information content (AvgIpc) is 2.23. The molecule has 3 nitrogen and oxygen atoms in total. The van der Waals surface area contributed by atoms with Crippen LogP contribution in [-0.2, 0) is 10.0 Å². The second kappa shape index (κ2) is 5.29. The highest BCUT2D eigenvalue weighted by Crippen LogP contribution is 2.36. The molecule has 18 heavy (non-hydrogen) atoms. The Morgan fingerprint density at radius 1 is 1.39 bits per heavy atom. The van der Waals surface area contributed by atoms with Crippen molar-refractivity contribution >= 4 is 49.2 Å².